The average molecular weight is 250 g/mol. The van der Waals surface area contributed by atoms with E-state index in [1.807, 2.05) is 27.7 Å². The zero-order valence-corrected chi connectivity index (χ0v) is 11.1. The Bertz CT molecular complexity index is 530. The molecule has 0 bridgehead atoms. The third kappa shape index (κ3) is 2.39. The molecule has 0 spiro atoms. The largest absolute Gasteiger partial charge is 0.456 e. The first-order chi connectivity index (χ1) is 7.97. The minimum Gasteiger partial charge on any atom is -0.456 e. The molecule has 4 nitrogen and oxygen atoms in total. The maximum Gasteiger partial charge on any atom is 0.293 e. The molecule has 2 rings (SSSR count). The number of carbonyl (C=O) groups excluding carboxylic acids is 1. The molecular weight excluding hydrogens is 236 g/mol. The number of nitrogens with zero attached hydrogens (tertiary/aromatic N) is 1. The van der Waals surface area contributed by atoms with Gasteiger partial charge in [0, 0.05) is 4.88 Å². The maximum atomic E-state index is 11.9. The summed E-state index contributed by atoms with van der Waals surface area (Å²) in [4.78, 5) is 17.2. The van der Waals surface area contributed by atoms with Crippen molar-refractivity contribution >= 4 is 22.4 Å². The van der Waals surface area contributed by atoms with Crippen LogP contribution in [0.2, 0.25) is 0 Å². The number of amides is 1. The molecule has 17 heavy (non-hydrogen) atoms. The van der Waals surface area contributed by atoms with Gasteiger partial charge < -0.3 is 4.42 Å². The summed E-state index contributed by atoms with van der Waals surface area (Å²) in [5, 5.41) is 3.34. The first kappa shape index (κ1) is 11.9. The van der Waals surface area contributed by atoms with Crippen LogP contribution in [-0.4, -0.2) is 10.9 Å². The van der Waals surface area contributed by atoms with Gasteiger partial charge in [-0.1, -0.05) is 0 Å². The van der Waals surface area contributed by atoms with Crippen LogP contribution in [0.15, 0.2) is 10.5 Å². The minimum absolute atomic E-state index is 0.255. The van der Waals surface area contributed by atoms with Gasteiger partial charge in [0.15, 0.2) is 10.9 Å². The van der Waals surface area contributed by atoms with Crippen molar-refractivity contribution in [1.82, 2.24) is 4.98 Å². The van der Waals surface area contributed by atoms with Crippen LogP contribution in [0.4, 0.5) is 5.13 Å². The molecule has 0 aromatic carbocycles. The van der Waals surface area contributed by atoms with Crippen molar-refractivity contribution in [2.24, 2.45) is 0 Å². The monoisotopic (exact) mass is 250 g/mol. The molecule has 0 unspecified atom stereocenters. The summed E-state index contributed by atoms with van der Waals surface area (Å²) in [6.07, 6.45) is 0. The van der Waals surface area contributed by atoms with E-state index in [4.69, 9.17) is 4.42 Å². The molecule has 0 aliphatic heterocycles. The molecule has 2 heterocycles. The van der Waals surface area contributed by atoms with Gasteiger partial charge in [-0.05, 0) is 39.3 Å². The van der Waals surface area contributed by atoms with E-state index in [2.05, 4.69) is 10.3 Å². The van der Waals surface area contributed by atoms with Crippen molar-refractivity contribution in [1.29, 1.82) is 0 Å². The summed E-state index contributed by atoms with van der Waals surface area (Å²) >= 11 is 1.46. The highest BCUT2D eigenvalue weighted by Gasteiger charge is 2.14. The number of rotatable bonds is 2. The molecule has 1 amide bonds. The van der Waals surface area contributed by atoms with Gasteiger partial charge in [-0.15, -0.1) is 11.3 Å². The van der Waals surface area contributed by atoms with Crippen LogP contribution in [0.5, 0.6) is 0 Å². The zero-order chi connectivity index (χ0) is 12.6. The molecule has 2 aromatic heterocycles. The van der Waals surface area contributed by atoms with E-state index in [1.165, 1.54) is 11.3 Å². The number of hydrogen-bond donors (Lipinski definition) is 1. The van der Waals surface area contributed by atoms with E-state index in [1.54, 1.807) is 6.07 Å². The lowest BCUT2D eigenvalue weighted by Crippen LogP contribution is -2.10. The predicted molar refractivity (Wildman–Crippen MR) is 67.7 cm³/mol. The fraction of sp³-hybridized carbons (Fsp3) is 0.333. The first-order valence-electron chi connectivity index (χ1n) is 5.30. The van der Waals surface area contributed by atoms with Crippen molar-refractivity contribution in [2.45, 2.75) is 27.7 Å². The van der Waals surface area contributed by atoms with Crippen LogP contribution in [0.1, 0.15) is 32.4 Å². The molecule has 90 valence electrons. The topological polar surface area (TPSA) is 55.1 Å². The lowest BCUT2D eigenvalue weighted by Gasteiger charge is -1.96. The molecule has 1 N–H and O–H groups in total. The lowest BCUT2D eigenvalue weighted by molar-refractivity contribution is 0.0995. The van der Waals surface area contributed by atoms with Crippen LogP contribution >= 0.6 is 11.3 Å². The fourth-order valence-corrected chi connectivity index (χ4v) is 2.18. The van der Waals surface area contributed by atoms with Gasteiger partial charge in [-0.2, -0.15) is 0 Å². The summed E-state index contributed by atoms with van der Waals surface area (Å²) in [5.74, 6) is 0.835. The number of nitrogens with one attached hydrogen (secondary N) is 1. The lowest BCUT2D eigenvalue weighted by atomic mass is 10.3. The van der Waals surface area contributed by atoms with Crippen molar-refractivity contribution in [3.63, 3.8) is 0 Å². The molecule has 0 atom stereocenters. The van der Waals surface area contributed by atoms with Gasteiger partial charge in [-0.3, -0.25) is 10.1 Å². The Labute approximate surface area is 104 Å². The second kappa shape index (κ2) is 4.33. The SMILES string of the molecule is Cc1cc(C(=O)Nc2nc(C)c(C)s2)oc1C. The van der Waals surface area contributed by atoms with E-state index in [0.717, 1.165) is 21.9 Å². The van der Waals surface area contributed by atoms with Gasteiger partial charge >= 0.3 is 0 Å². The molecule has 0 aliphatic rings. The van der Waals surface area contributed by atoms with Gasteiger partial charge in [0.1, 0.15) is 5.76 Å². The Kier molecular flexibility index (Phi) is 3.02. The standard InChI is InChI=1S/C12H14N2O2S/c1-6-5-10(16-8(6)3)11(15)14-12-13-7(2)9(4)17-12/h5H,1-4H3,(H,13,14,15). The van der Waals surface area contributed by atoms with Crippen molar-refractivity contribution in [3.05, 3.63) is 33.7 Å². The highest BCUT2D eigenvalue weighted by Crippen LogP contribution is 2.22. The van der Waals surface area contributed by atoms with E-state index in [0.29, 0.717) is 10.9 Å². The summed E-state index contributed by atoms with van der Waals surface area (Å²) in [5.41, 5.74) is 1.92. The summed E-state index contributed by atoms with van der Waals surface area (Å²) in [6.45, 7) is 7.64. The van der Waals surface area contributed by atoms with Crippen LogP contribution in [0.25, 0.3) is 0 Å². The van der Waals surface area contributed by atoms with Crippen molar-refractivity contribution in [3.8, 4) is 0 Å². The molecule has 0 saturated heterocycles. The number of furan rings is 1. The molecule has 0 fully saturated rings. The smallest absolute Gasteiger partial charge is 0.293 e. The highest BCUT2D eigenvalue weighted by molar-refractivity contribution is 7.15. The van der Waals surface area contributed by atoms with E-state index < -0.39 is 0 Å². The fourth-order valence-electron chi connectivity index (χ4n) is 1.37. The Hall–Kier alpha value is -1.62. The Morgan fingerprint density at radius 2 is 2.06 bits per heavy atom. The van der Waals surface area contributed by atoms with Crippen LogP contribution in [0, 0.1) is 27.7 Å². The molecule has 0 radical (unpaired) electrons. The van der Waals surface area contributed by atoms with E-state index in [9.17, 15) is 4.79 Å². The number of thiazole rings is 1. The number of hydrogen-bond acceptors (Lipinski definition) is 4. The minimum atomic E-state index is -0.255. The number of anilines is 1. The van der Waals surface area contributed by atoms with E-state index in [-0.39, 0.29) is 5.91 Å². The normalized spacial score (nSPS) is 10.6. The number of carbonyl (C=O) groups is 1. The van der Waals surface area contributed by atoms with Gasteiger partial charge in [0.25, 0.3) is 5.91 Å². The van der Waals surface area contributed by atoms with Crippen LogP contribution in [0.3, 0.4) is 0 Å². The second-order valence-corrected chi connectivity index (χ2v) is 5.17. The summed E-state index contributed by atoms with van der Waals surface area (Å²) in [7, 11) is 0. The third-order valence-corrected chi connectivity index (χ3v) is 3.63. The third-order valence-electron chi connectivity index (χ3n) is 2.64. The average Bonchev–Trinajstić information content (AvgIpc) is 2.73. The van der Waals surface area contributed by atoms with Gasteiger partial charge in [0.05, 0.1) is 5.69 Å². The molecular formula is C12H14N2O2S. The second-order valence-electron chi connectivity index (χ2n) is 3.96. The van der Waals surface area contributed by atoms with Gasteiger partial charge in [0.2, 0.25) is 0 Å². The Balaban J connectivity index is 2.16. The van der Waals surface area contributed by atoms with Crippen molar-refractivity contribution in [2.75, 3.05) is 5.32 Å². The first-order valence-corrected chi connectivity index (χ1v) is 6.11. The number of aromatic nitrogens is 1. The van der Waals surface area contributed by atoms with Gasteiger partial charge in [-0.25, -0.2) is 4.98 Å². The molecule has 0 saturated carbocycles. The van der Waals surface area contributed by atoms with Crippen LogP contribution < -0.4 is 5.32 Å². The predicted octanol–water partition coefficient (Wildman–Crippen LogP) is 3.22. The Morgan fingerprint density at radius 3 is 2.53 bits per heavy atom. The van der Waals surface area contributed by atoms with Crippen molar-refractivity contribution < 1.29 is 9.21 Å². The quantitative estimate of drug-likeness (QED) is 0.890. The Morgan fingerprint density at radius 1 is 1.35 bits per heavy atom. The highest BCUT2D eigenvalue weighted by atomic mass is 32.1. The number of aryl methyl sites for hydroxylation is 4. The van der Waals surface area contributed by atoms with Crippen LogP contribution in [-0.2, 0) is 0 Å². The summed E-state index contributed by atoms with van der Waals surface area (Å²) < 4.78 is 5.35. The van der Waals surface area contributed by atoms with E-state index >= 15 is 0 Å². The molecule has 0 aliphatic carbocycles. The summed E-state index contributed by atoms with van der Waals surface area (Å²) in [6, 6.07) is 1.73. The zero-order valence-electron chi connectivity index (χ0n) is 10.2. The molecule has 5 heteroatoms. The maximum absolute atomic E-state index is 11.9. The molecule has 2 aromatic rings.